The number of hydrogen-bond donors (Lipinski definition) is 3. The smallest absolute Gasteiger partial charge is 0.326 e. The SMILES string of the molecule is CC[C@H](NC(=O)c1cccc(N)c1C)C(=O)O. The lowest BCUT2D eigenvalue weighted by molar-refractivity contribution is -0.139. The molecule has 1 amide bonds. The Morgan fingerprint density at radius 2 is 2.12 bits per heavy atom. The molecule has 17 heavy (non-hydrogen) atoms. The first-order chi connectivity index (χ1) is 7.97. The van der Waals surface area contributed by atoms with Crippen molar-refractivity contribution in [3.05, 3.63) is 29.3 Å². The van der Waals surface area contributed by atoms with Gasteiger partial charge in [-0.1, -0.05) is 13.0 Å². The third kappa shape index (κ3) is 2.96. The molecule has 0 saturated heterocycles. The van der Waals surface area contributed by atoms with Crippen LogP contribution in [0, 0.1) is 6.92 Å². The van der Waals surface area contributed by atoms with E-state index in [1.165, 1.54) is 0 Å². The van der Waals surface area contributed by atoms with Crippen LogP contribution in [0.15, 0.2) is 18.2 Å². The predicted molar refractivity (Wildman–Crippen MR) is 64.8 cm³/mol. The lowest BCUT2D eigenvalue weighted by Crippen LogP contribution is -2.40. The van der Waals surface area contributed by atoms with Gasteiger partial charge in [0.15, 0.2) is 0 Å². The molecule has 1 rings (SSSR count). The van der Waals surface area contributed by atoms with Crippen LogP contribution in [0.3, 0.4) is 0 Å². The molecule has 0 spiro atoms. The number of carbonyl (C=O) groups excluding carboxylic acids is 1. The number of anilines is 1. The van der Waals surface area contributed by atoms with E-state index in [1.54, 1.807) is 32.0 Å². The van der Waals surface area contributed by atoms with Crippen LogP contribution in [0.25, 0.3) is 0 Å². The molecule has 4 N–H and O–H groups in total. The Hall–Kier alpha value is -2.04. The average molecular weight is 236 g/mol. The van der Waals surface area contributed by atoms with Gasteiger partial charge in [0.05, 0.1) is 0 Å². The predicted octanol–water partition coefficient (Wildman–Crippen LogP) is 1.17. The Morgan fingerprint density at radius 1 is 1.47 bits per heavy atom. The summed E-state index contributed by atoms with van der Waals surface area (Å²) in [6.07, 6.45) is 0.336. The van der Waals surface area contributed by atoms with Gasteiger partial charge in [-0.15, -0.1) is 0 Å². The lowest BCUT2D eigenvalue weighted by Gasteiger charge is -2.14. The molecule has 0 bridgehead atoms. The third-order valence-corrected chi connectivity index (χ3v) is 2.63. The average Bonchev–Trinajstić information content (AvgIpc) is 2.28. The summed E-state index contributed by atoms with van der Waals surface area (Å²) in [6, 6.07) is 4.11. The highest BCUT2D eigenvalue weighted by molar-refractivity contribution is 5.98. The maximum atomic E-state index is 11.9. The van der Waals surface area contributed by atoms with Crippen molar-refractivity contribution in [1.82, 2.24) is 5.32 Å². The second kappa shape index (κ2) is 5.34. The van der Waals surface area contributed by atoms with Crippen molar-refractivity contribution in [2.75, 3.05) is 5.73 Å². The first kappa shape index (κ1) is 13.0. The van der Waals surface area contributed by atoms with Gasteiger partial charge in [-0.05, 0) is 31.0 Å². The molecule has 0 fully saturated rings. The number of nitrogen functional groups attached to an aromatic ring is 1. The van der Waals surface area contributed by atoms with Gasteiger partial charge < -0.3 is 16.2 Å². The van der Waals surface area contributed by atoms with E-state index in [9.17, 15) is 9.59 Å². The quantitative estimate of drug-likeness (QED) is 0.684. The minimum Gasteiger partial charge on any atom is -0.480 e. The summed E-state index contributed by atoms with van der Waals surface area (Å²) in [5.41, 5.74) is 7.26. The van der Waals surface area contributed by atoms with Crippen molar-refractivity contribution in [1.29, 1.82) is 0 Å². The van der Waals surface area contributed by atoms with Gasteiger partial charge in [0.1, 0.15) is 6.04 Å². The zero-order valence-electron chi connectivity index (χ0n) is 9.86. The summed E-state index contributed by atoms with van der Waals surface area (Å²) < 4.78 is 0. The molecule has 92 valence electrons. The second-order valence-electron chi connectivity index (χ2n) is 3.79. The largest absolute Gasteiger partial charge is 0.480 e. The number of nitrogens with one attached hydrogen (secondary N) is 1. The van der Waals surface area contributed by atoms with Crippen molar-refractivity contribution in [2.45, 2.75) is 26.3 Å². The van der Waals surface area contributed by atoms with Crippen LogP contribution in [0.1, 0.15) is 29.3 Å². The number of carbonyl (C=O) groups is 2. The van der Waals surface area contributed by atoms with Crippen LogP contribution in [0.4, 0.5) is 5.69 Å². The Labute approximate surface area is 99.6 Å². The Morgan fingerprint density at radius 3 is 2.65 bits per heavy atom. The van der Waals surface area contributed by atoms with E-state index in [1.807, 2.05) is 0 Å². The third-order valence-electron chi connectivity index (χ3n) is 2.63. The van der Waals surface area contributed by atoms with Gasteiger partial charge in [-0.2, -0.15) is 0 Å². The molecule has 1 atom stereocenters. The molecule has 0 heterocycles. The van der Waals surface area contributed by atoms with E-state index in [0.717, 1.165) is 0 Å². The Bertz CT molecular complexity index is 443. The van der Waals surface area contributed by atoms with Gasteiger partial charge >= 0.3 is 5.97 Å². The molecule has 0 aliphatic carbocycles. The number of hydrogen-bond acceptors (Lipinski definition) is 3. The fraction of sp³-hybridized carbons (Fsp3) is 0.333. The number of aliphatic carboxylic acids is 1. The number of benzene rings is 1. The molecule has 0 radical (unpaired) electrons. The number of nitrogens with two attached hydrogens (primary N) is 1. The zero-order chi connectivity index (χ0) is 13.0. The summed E-state index contributed by atoms with van der Waals surface area (Å²) in [6.45, 7) is 3.43. The first-order valence-electron chi connectivity index (χ1n) is 5.36. The highest BCUT2D eigenvalue weighted by Crippen LogP contribution is 2.15. The van der Waals surface area contributed by atoms with Crippen LogP contribution in [-0.2, 0) is 4.79 Å². The van der Waals surface area contributed by atoms with E-state index in [0.29, 0.717) is 23.2 Å². The van der Waals surface area contributed by atoms with Crippen molar-refractivity contribution in [3.63, 3.8) is 0 Å². The summed E-state index contributed by atoms with van der Waals surface area (Å²) in [5, 5.41) is 11.3. The minimum atomic E-state index is -1.04. The standard InChI is InChI=1S/C12H16N2O3/c1-3-10(12(16)17)14-11(15)8-5-4-6-9(13)7(8)2/h4-6,10H,3,13H2,1-2H3,(H,14,15)(H,16,17)/t10-/m0/s1. The van der Waals surface area contributed by atoms with Crippen LogP contribution >= 0.6 is 0 Å². The van der Waals surface area contributed by atoms with Gasteiger partial charge in [0.2, 0.25) is 0 Å². The number of rotatable bonds is 4. The molecular formula is C12H16N2O3. The first-order valence-corrected chi connectivity index (χ1v) is 5.36. The molecule has 0 unspecified atom stereocenters. The maximum Gasteiger partial charge on any atom is 0.326 e. The van der Waals surface area contributed by atoms with Crippen LogP contribution in [0.5, 0.6) is 0 Å². The van der Waals surface area contributed by atoms with Gasteiger partial charge in [-0.25, -0.2) is 4.79 Å². The van der Waals surface area contributed by atoms with Gasteiger partial charge in [0, 0.05) is 11.3 Å². The normalized spacial score (nSPS) is 11.9. The summed E-state index contributed by atoms with van der Waals surface area (Å²) in [7, 11) is 0. The van der Waals surface area contributed by atoms with Crippen LogP contribution in [-0.4, -0.2) is 23.0 Å². The Balaban J connectivity index is 2.90. The van der Waals surface area contributed by atoms with Crippen molar-refractivity contribution in [3.8, 4) is 0 Å². The molecule has 0 aliphatic rings. The maximum absolute atomic E-state index is 11.9. The molecule has 1 aromatic rings. The van der Waals surface area contributed by atoms with Crippen molar-refractivity contribution >= 4 is 17.6 Å². The number of carboxylic acid groups (broad SMARTS) is 1. The molecule has 0 aliphatic heterocycles. The van der Waals surface area contributed by atoms with E-state index >= 15 is 0 Å². The number of amides is 1. The number of carboxylic acids is 1. The minimum absolute atomic E-state index is 0.336. The highest BCUT2D eigenvalue weighted by Gasteiger charge is 2.19. The topological polar surface area (TPSA) is 92.4 Å². The summed E-state index contributed by atoms with van der Waals surface area (Å²) >= 11 is 0. The van der Waals surface area contributed by atoms with E-state index in [-0.39, 0.29) is 0 Å². The zero-order valence-corrected chi connectivity index (χ0v) is 9.86. The van der Waals surface area contributed by atoms with E-state index in [4.69, 9.17) is 10.8 Å². The fourth-order valence-corrected chi connectivity index (χ4v) is 1.47. The lowest BCUT2D eigenvalue weighted by atomic mass is 10.1. The van der Waals surface area contributed by atoms with E-state index < -0.39 is 17.9 Å². The van der Waals surface area contributed by atoms with Crippen molar-refractivity contribution in [2.24, 2.45) is 0 Å². The monoisotopic (exact) mass is 236 g/mol. The summed E-state index contributed by atoms with van der Waals surface area (Å²) in [4.78, 5) is 22.7. The van der Waals surface area contributed by atoms with Crippen molar-refractivity contribution < 1.29 is 14.7 Å². The molecule has 1 aromatic carbocycles. The van der Waals surface area contributed by atoms with E-state index in [2.05, 4.69) is 5.32 Å². The van der Waals surface area contributed by atoms with Gasteiger partial charge in [-0.3, -0.25) is 4.79 Å². The van der Waals surface area contributed by atoms with Gasteiger partial charge in [0.25, 0.3) is 5.91 Å². The molecule has 5 nitrogen and oxygen atoms in total. The molecule has 0 saturated carbocycles. The van der Waals surface area contributed by atoms with Crippen LogP contribution < -0.4 is 11.1 Å². The molecule has 0 aromatic heterocycles. The highest BCUT2D eigenvalue weighted by atomic mass is 16.4. The Kier molecular flexibility index (Phi) is 4.09. The second-order valence-corrected chi connectivity index (χ2v) is 3.79. The summed E-state index contributed by atoms with van der Waals surface area (Å²) in [5.74, 6) is -1.45. The molecular weight excluding hydrogens is 220 g/mol. The fourth-order valence-electron chi connectivity index (χ4n) is 1.47. The van der Waals surface area contributed by atoms with Crippen LogP contribution in [0.2, 0.25) is 0 Å². The molecule has 5 heteroatoms.